The van der Waals surface area contributed by atoms with E-state index in [0.717, 1.165) is 34.7 Å². The number of benzene rings is 2. The number of rotatable bonds is 5. The first-order chi connectivity index (χ1) is 9.20. The molecule has 4 nitrogen and oxygen atoms in total. The summed E-state index contributed by atoms with van der Waals surface area (Å²) < 4.78 is 5.04. The van der Waals surface area contributed by atoms with Gasteiger partial charge in [-0.1, -0.05) is 12.1 Å². The Kier molecular flexibility index (Phi) is 4.26. The Balaban J connectivity index is 2.34. The van der Waals surface area contributed by atoms with Gasteiger partial charge in [0.05, 0.1) is 6.61 Å². The van der Waals surface area contributed by atoms with Crippen LogP contribution in [-0.4, -0.2) is 20.3 Å². The van der Waals surface area contributed by atoms with Gasteiger partial charge in [0.2, 0.25) is 0 Å². The van der Waals surface area contributed by atoms with Gasteiger partial charge in [0.15, 0.2) is 0 Å². The molecular formula is C15H19N3O. The molecule has 0 saturated carbocycles. The molecule has 4 heteroatoms. The number of hydrogen-bond acceptors (Lipinski definition) is 4. The molecule has 0 aliphatic rings. The van der Waals surface area contributed by atoms with Gasteiger partial charge >= 0.3 is 0 Å². The largest absolute Gasteiger partial charge is 0.399 e. The van der Waals surface area contributed by atoms with Crippen LogP contribution in [0.2, 0.25) is 0 Å². The predicted molar refractivity (Wildman–Crippen MR) is 81.1 cm³/mol. The van der Waals surface area contributed by atoms with Crippen LogP contribution in [0.5, 0.6) is 0 Å². The monoisotopic (exact) mass is 257 g/mol. The quantitative estimate of drug-likeness (QED) is 0.568. The molecule has 0 fully saturated rings. The lowest BCUT2D eigenvalue weighted by atomic mass is 10.0. The maximum atomic E-state index is 5.87. The van der Waals surface area contributed by atoms with Crippen molar-refractivity contribution in [2.75, 3.05) is 37.0 Å². The van der Waals surface area contributed by atoms with Crippen molar-refractivity contribution in [3.63, 3.8) is 0 Å². The Morgan fingerprint density at radius 3 is 2.58 bits per heavy atom. The highest BCUT2D eigenvalue weighted by atomic mass is 16.5. The molecule has 100 valence electrons. The van der Waals surface area contributed by atoms with E-state index in [4.69, 9.17) is 16.2 Å². The molecule has 0 saturated heterocycles. The first-order valence-electron chi connectivity index (χ1n) is 6.19. The van der Waals surface area contributed by atoms with E-state index in [9.17, 15) is 0 Å². The zero-order chi connectivity index (χ0) is 13.7. The van der Waals surface area contributed by atoms with Crippen LogP contribution in [0.25, 0.3) is 11.1 Å². The molecular weight excluding hydrogens is 238 g/mol. The van der Waals surface area contributed by atoms with Crippen LogP contribution in [-0.2, 0) is 4.74 Å². The van der Waals surface area contributed by atoms with Crippen LogP contribution in [0.3, 0.4) is 0 Å². The molecule has 2 rings (SSSR count). The standard InChI is InChI=1S/C15H19N3O/c1-19-8-7-18-15-6-5-13(17)10-14(15)11-3-2-4-12(16)9-11/h2-6,9-10,18H,7-8,16-17H2,1H3. The van der Waals surface area contributed by atoms with Gasteiger partial charge in [0.25, 0.3) is 0 Å². The molecule has 0 bridgehead atoms. The van der Waals surface area contributed by atoms with E-state index in [1.165, 1.54) is 0 Å². The third-order valence-corrected chi connectivity index (χ3v) is 2.86. The molecule has 0 unspecified atom stereocenters. The van der Waals surface area contributed by atoms with Gasteiger partial charge in [0, 0.05) is 36.3 Å². The smallest absolute Gasteiger partial charge is 0.0635 e. The summed E-state index contributed by atoms with van der Waals surface area (Å²) in [5, 5.41) is 3.34. The maximum Gasteiger partial charge on any atom is 0.0635 e. The van der Waals surface area contributed by atoms with Crippen molar-refractivity contribution >= 4 is 17.1 Å². The van der Waals surface area contributed by atoms with Crippen LogP contribution >= 0.6 is 0 Å². The second-order valence-electron chi connectivity index (χ2n) is 4.35. The average Bonchev–Trinajstić information content (AvgIpc) is 2.40. The van der Waals surface area contributed by atoms with E-state index < -0.39 is 0 Å². The summed E-state index contributed by atoms with van der Waals surface area (Å²) in [5.41, 5.74) is 16.3. The lowest BCUT2D eigenvalue weighted by Gasteiger charge is -2.13. The number of nitrogens with two attached hydrogens (primary N) is 2. The number of nitrogens with one attached hydrogen (secondary N) is 1. The summed E-state index contributed by atoms with van der Waals surface area (Å²) in [6, 6.07) is 13.6. The number of methoxy groups -OCH3 is 1. The Morgan fingerprint density at radius 1 is 1.05 bits per heavy atom. The predicted octanol–water partition coefficient (Wildman–Crippen LogP) is 2.58. The molecule has 0 atom stereocenters. The van der Waals surface area contributed by atoms with Gasteiger partial charge in [-0.2, -0.15) is 0 Å². The summed E-state index contributed by atoms with van der Waals surface area (Å²) >= 11 is 0. The first kappa shape index (κ1) is 13.2. The van der Waals surface area contributed by atoms with Crippen LogP contribution < -0.4 is 16.8 Å². The maximum absolute atomic E-state index is 5.87. The lowest BCUT2D eigenvalue weighted by Crippen LogP contribution is -2.08. The molecule has 0 spiro atoms. The van der Waals surface area contributed by atoms with Gasteiger partial charge in [-0.25, -0.2) is 0 Å². The zero-order valence-electron chi connectivity index (χ0n) is 11.0. The Labute approximate surface area is 113 Å². The van der Waals surface area contributed by atoms with E-state index >= 15 is 0 Å². The van der Waals surface area contributed by atoms with Crippen molar-refractivity contribution in [1.29, 1.82) is 0 Å². The molecule has 0 radical (unpaired) electrons. The van der Waals surface area contributed by atoms with E-state index in [1.807, 2.05) is 42.5 Å². The molecule has 2 aromatic rings. The molecule has 19 heavy (non-hydrogen) atoms. The third kappa shape index (κ3) is 3.39. The van der Waals surface area contributed by atoms with Crippen LogP contribution in [0.4, 0.5) is 17.1 Å². The van der Waals surface area contributed by atoms with Crippen molar-refractivity contribution in [2.45, 2.75) is 0 Å². The van der Waals surface area contributed by atoms with E-state index in [-0.39, 0.29) is 0 Å². The van der Waals surface area contributed by atoms with E-state index in [1.54, 1.807) is 7.11 Å². The number of anilines is 3. The van der Waals surface area contributed by atoms with Crippen molar-refractivity contribution in [3.05, 3.63) is 42.5 Å². The SMILES string of the molecule is COCCNc1ccc(N)cc1-c1cccc(N)c1. The van der Waals surface area contributed by atoms with Crippen molar-refractivity contribution in [1.82, 2.24) is 0 Å². The third-order valence-electron chi connectivity index (χ3n) is 2.86. The van der Waals surface area contributed by atoms with Crippen LogP contribution in [0, 0.1) is 0 Å². The minimum Gasteiger partial charge on any atom is -0.399 e. The number of hydrogen-bond donors (Lipinski definition) is 3. The molecule has 0 aliphatic heterocycles. The van der Waals surface area contributed by atoms with Crippen molar-refractivity contribution in [3.8, 4) is 11.1 Å². The summed E-state index contributed by atoms with van der Waals surface area (Å²) in [6.07, 6.45) is 0. The fraction of sp³-hybridized carbons (Fsp3) is 0.200. The number of ether oxygens (including phenoxy) is 1. The van der Waals surface area contributed by atoms with Gasteiger partial charge < -0.3 is 21.5 Å². The molecule has 0 heterocycles. The number of nitrogen functional groups attached to an aromatic ring is 2. The minimum absolute atomic E-state index is 0.654. The fourth-order valence-corrected chi connectivity index (χ4v) is 1.95. The average molecular weight is 257 g/mol. The summed E-state index contributed by atoms with van der Waals surface area (Å²) in [4.78, 5) is 0. The van der Waals surface area contributed by atoms with Crippen molar-refractivity contribution in [2.24, 2.45) is 0 Å². The normalized spacial score (nSPS) is 10.4. The first-order valence-corrected chi connectivity index (χ1v) is 6.19. The summed E-state index contributed by atoms with van der Waals surface area (Å²) in [7, 11) is 1.68. The molecule has 0 amide bonds. The Hall–Kier alpha value is -2.20. The molecule has 5 N–H and O–H groups in total. The zero-order valence-corrected chi connectivity index (χ0v) is 11.0. The Bertz CT molecular complexity index is 555. The molecule has 2 aromatic carbocycles. The minimum atomic E-state index is 0.654. The highest BCUT2D eigenvalue weighted by molar-refractivity contribution is 5.82. The van der Waals surface area contributed by atoms with Gasteiger partial charge in [-0.05, 0) is 35.9 Å². The van der Waals surface area contributed by atoms with Gasteiger partial charge in [-0.3, -0.25) is 0 Å². The summed E-state index contributed by atoms with van der Waals surface area (Å²) in [6.45, 7) is 1.40. The Morgan fingerprint density at radius 2 is 1.84 bits per heavy atom. The van der Waals surface area contributed by atoms with Crippen LogP contribution in [0.15, 0.2) is 42.5 Å². The highest BCUT2D eigenvalue weighted by Crippen LogP contribution is 2.30. The van der Waals surface area contributed by atoms with E-state index in [2.05, 4.69) is 5.32 Å². The van der Waals surface area contributed by atoms with Gasteiger partial charge in [0.1, 0.15) is 0 Å². The second kappa shape index (κ2) is 6.11. The van der Waals surface area contributed by atoms with Crippen LogP contribution in [0.1, 0.15) is 0 Å². The van der Waals surface area contributed by atoms with Crippen molar-refractivity contribution < 1.29 is 4.74 Å². The second-order valence-corrected chi connectivity index (χ2v) is 4.35. The van der Waals surface area contributed by atoms with E-state index in [0.29, 0.717) is 6.61 Å². The van der Waals surface area contributed by atoms with Gasteiger partial charge in [-0.15, -0.1) is 0 Å². The molecule has 0 aromatic heterocycles. The fourth-order valence-electron chi connectivity index (χ4n) is 1.95. The lowest BCUT2D eigenvalue weighted by molar-refractivity contribution is 0.211. The molecule has 0 aliphatic carbocycles. The summed E-state index contributed by atoms with van der Waals surface area (Å²) in [5.74, 6) is 0. The topological polar surface area (TPSA) is 73.3 Å². The highest BCUT2D eigenvalue weighted by Gasteiger charge is 2.06.